The largest absolute Gasteiger partial charge is 0.496 e. The second kappa shape index (κ2) is 24.7. The number of methoxy groups -OCH3 is 2. The van der Waals surface area contributed by atoms with Crippen LogP contribution in [0.1, 0.15) is 75.9 Å². The fraction of sp³-hybridized carbons (Fsp3) is 0.250. The lowest BCUT2D eigenvalue weighted by Crippen LogP contribution is -2.32. The van der Waals surface area contributed by atoms with Gasteiger partial charge in [-0.2, -0.15) is 20.5 Å². The molecule has 0 aliphatic rings. The predicted octanol–water partition coefficient (Wildman–Crippen LogP) is 12.3. The number of aryl methyl sites for hydroxylation is 1. The summed E-state index contributed by atoms with van der Waals surface area (Å²) < 4.78 is 10.7. The molecule has 5 rings (SSSR count). The fourth-order valence-corrected chi connectivity index (χ4v) is 7.49. The molecule has 5 aromatic carbocycles. The zero-order chi connectivity index (χ0) is 50.5. The van der Waals surface area contributed by atoms with Crippen LogP contribution in [0.25, 0.3) is 0 Å². The number of hydrogen-bond acceptors (Lipinski definition) is 12. The Balaban J connectivity index is 1.27. The van der Waals surface area contributed by atoms with Crippen LogP contribution in [0.2, 0.25) is 10.0 Å². The van der Waals surface area contributed by atoms with Crippen molar-refractivity contribution in [3.8, 4) is 11.5 Å². The average Bonchev–Trinajstić information content (AvgIpc) is 3.30. The van der Waals surface area contributed by atoms with Gasteiger partial charge in [-0.25, -0.2) is 0 Å². The van der Waals surface area contributed by atoms with Crippen LogP contribution in [0.15, 0.2) is 111 Å². The fourth-order valence-electron chi connectivity index (χ4n) is 6.54. The Labute approximate surface area is 422 Å². The highest BCUT2D eigenvalue weighted by atomic mass is 35.5. The molecular formula is C48H45Cl5N8O8. The summed E-state index contributed by atoms with van der Waals surface area (Å²) in [4.78, 5) is 78.9. The van der Waals surface area contributed by atoms with Crippen molar-refractivity contribution >= 4 is 127 Å². The Morgan fingerprint density at radius 2 is 0.986 bits per heavy atom. The Hall–Kier alpha value is -6.43. The Morgan fingerprint density at radius 1 is 0.565 bits per heavy atom. The molecule has 4 N–H and O–H groups in total. The van der Waals surface area contributed by atoms with Crippen molar-refractivity contribution in [2.75, 3.05) is 41.4 Å². The number of azo groups is 2. The number of halogens is 5. The normalized spacial score (nSPS) is 13.0. The van der Waals surface area contributed by atoms with E-state index in [2.05, 4.69) is 41.7 Å². The van der Waals surface area contributed by atoms with Crippen LogP contribution in [-0.4, -0.2) is 67.4 Å². The van der Waals surface area contributed by atoms with E-state index in [-0.39, 0.29) is 56.2 Å². The number of ketones is 2. The number of nitrogens with zero attached hydrogens (tertiary/aromatic N) is 4. The molecular weight excluding hydrogens is 994 g/mol. The zero-order valence-corrected chi connectivity index (χ0v) is 41.6. The molecule has 69 heavy (non-hydrogen) atoms. The lowest BCUT2D eigenvalue weighted by Gasteiger charge is -2.15. The Kier molecular flexibility index (Phi) is 19.2. The second-order valence-electron chi connectivity index (χ2n) is 15.1. The summed E-state index contributed by atoms with van der Waals surface area (Å²) in [6.45, 7) is 5.87. The quantitative estimate of drug-likeness (QED) is 0.0333. The van der Waals surface area contributed by atoms with Crippen molar-refractivity contribution in [3.63, 3.8) is 0 Å². The van der Waals surface area contributed by atoms with Gasteiger partial charge in [0.25, 0.3) is 23.6 Å². The third kappa shape index (κ3) is 14.3. The van der Waals surface area contributed by atoms with Gasteiger partial charge in [0.1, 0.15) is 11.5 Å². The van der Waals surface area contributed by atoms with Crippen LogP contribution in [0, 0.1) is 0 Å². The lowest BCUT2D eigenvalue weighted by molar-refractivity contribution is -0.127. The molecule has 5 aromatic rings. The molecule has 4 amide bonds. The van der Waals surface area contributed by atoms with Gasteiger partial charge in [0.15, 0.2) is 11.6 Å². The number of amides is 4. The Morgan fingerprint density at radius 3 is 1.39 bits per heavy atom. The topological polar surface area (TPSA) is 218 Å². The van der Waals surface area contributed by atoms with E-state index in [4.69, 9.17) is 67.5 Å². The summed E-state index contributed by atoms with van der Waals surface area (Å²) in [7, 11) is 3.02. The maximum atomic E-state index is 13.5. The van der Waals surface area contributed by atoms with Gasteiger partial charge in [0.2, 0.25) is 12.1 Å². The van der Waals surface area contributed by atoms with Crippen LogP contribution in [0.5, 0.6) is 11.5 Å². The number of carbonyl (C=O) groups is 6. The molecule has 0 aliphatic heterocycles. The molecule has 0 radical (unpaired) electrons. The number of carbonyl (C=O) groups excluding carboxylic acids is 6. The monoisotopic (exact) mass is 1040 g/mol. The number of benzene rings is 5. The van der Waals surface area contributed by atoms with Crippen LogP contribution < -0.4 is 30.7 Å². The van der Waals surface area contributed by atoms with E-state index in [1.807, 2.05) is 0 Å². The maximum Gasteiger partial charge on any atom is 0.258 e. The van der Waals surface area contributed by atoms with Crippen molar-refractivity contribution in [3.05, 3.63) is 129 Å². The van der Waals surface area contributed by atoms with Crippen LogP contribution in [0.3, 0.4) is 0 Å². The molecule has 0 spiro atoms. The summed E-state index contributed by atoms with van der Waals surface area (Å²) in [6.07, 6.45) is 0.208. The van der Waals surface area contributed by atoms with Gasteiger partial charge in [-0.05, 0) is 131 Å². The molecule has 360 valence electrons. The van der Waals surface area contributed by atoms with Gasteiger partial charge < -0.3 is 30.7 Å². The van der Waals surface area contributed by atoms with Gasteiger partial charge >= 0.3 is 0 Å². The van der Waals surface area contributed by atoms with Crippen molar-refractivity contribution in [2.45, 2.75) is 57.0 Å². The van der Waals surface area contributed by atoms with E-state index in [1.54, 1.807) is 50.2 Å². The molecule has 4 unspecified atom stereocenters. The van der Waals surface area contributed by atoms with E-state index < -0.39 is 58.0 Å². The van der Waals surface area contributed by atoms with Crippen molar-refractivity contribution < 1.29 is 38.2 Å². The third-order valence-corrected chi connectivity index (χ3v) is 11.4. The molecule has 0 fully saturated rings. The van der Waals surface area contributed by atoms with Gasteiger partial charge in [-0.15, -0.1) is 34.8 Å². The number of nitrogens with one attached hydrogen (secondary N) is 4. The Bertz CT molecular complexity index is 2840. The number of alkyl halides is 3. The van der Waals surface area contributed by atoms with Crippen molar-refractivity contribution in [2.24, 2.45) is 20.5 Å². The number of ether oxygens (including phenoxy) is 2. The third-order valence-electron chi connectivity index (χ3n) is 10.1. The van der Waals surface area contributed by atoms with Gasteiger partial charge in [-0.3, -0.25) is 28.8 Å². The van der Waals surface area contributed by atoms with Crippen molar-refractivity contribution in [1.29, 1.82) is 0 Å². The molecule has 0 aliphatic carbocycles. The first-order valence-electron chi connectivity index (χ1n) is 20.8. The molecule has 21 heteroatoms. The first kappa shape index (κ1) is 53.5. The predicted molar refractivity (Wildman–Crippen MR) is 269 cm³/mol. The highest BCUT2D eigenvalue weighted by molar-refractivity contribution is 6.35. The maximum absolute atomic E-state index is 13.5. The molecule has 4 atom stereocenters. The smallest absolute Gasteiger partial charge is 0.258 e. The minimum absolute atomic E-state index is 0.0453. The summed E-state index contributed by atoms with van der Waals surface area (Å²) in [5.41, 5.74) is 3.48. The zero-order valence-electron chi connectivity index (χ0n) is 37.8. The summed E-state index contributed by atoms with van der Waals surface area (Å²) in [5, 5.41) is 26.4. The lowest BCUT2D eigenvalue weighted by atomic mass is 10.1. The second-order valence-corrected chi connectivity index (χ2v) is 17.6. The van der Waals surface area contributed by atoms with Gasteiger partial charge in [0.05, 0.1) is 57.5 Å². The number of anilines is 4. The molecule has 0 heterocycles. The first-order valence-corrected chi connectivity index (χ1v) is 23.0. The molecule has 0 saturated carbocycles. The first-order chi connectivity index (χ1) is 32.8. The van der Waals surface area contributed by atoms with Gasteiger partial charge in [-0.1, -0.05) is 23.2 Å². The highest BCUT2D eigenvalue weighted by Crippen LogP contribution is 2.34. The SMILES string of the molecule is COc1ccc(NC(=O)c2cc(N=NC(C(C)=O)C(=O)Nc3ccc(NC(=O)C(N=Nc4ccc(Cl)c(C(=O)Nc5ccc(OC)c(C(C)Cl)c5)c4)C(C)=O)c(CCCl)c3)ccc2Cl)cc1C(C)Cl. The van der Waals surface area contributed by atoms with Gasteiger partial charge in [0, 0.05) is 39.8 Å². The minimum atomic E-state index is -1.61. The standard InChI is InChI=1S/C48H45Cl5N8O8/c1-24(50)34-20-30(10-15-41(34)68-5)54-45(64)36-22-32(7-12-38(36)52)58-60-43(26(3)62)47(66)56-29-9-14-40(28(19-29)17-18-49)57-48(67)44(27(4)63)61-59-33-8-13-39(53)37(23-33)46(65)55-31-11-16-42(69-6)35(21-31)25(2)51/h7-16,19-25,43-44H,17-18H2,1-6H3,(H,54,64)(H,55,65)(H,56,66)(H,57,67). The van der Waals surface area contributed by atoms with E-state index in [9.17, 15) is 28.8 Å². The van der Waals surface area contributed by atoms with Crippen LogP contribution in [-0.2, 0) is 25.6 Å². The number of rotatable bonds is 20. The van der Waals surface area contributed by atoms with E-state index in [0.29, 0.717) is 39.6 Å². The molecule has 0 saturated heterocycles. The van der Waals surface area contributed by atoms with Crippen molar-refractivity contribution in [1.82, 2.24) is 0 Å². The molecule has 0 aromatic heterocycles. The average molecular weight is 1040 g/mol. The molecule has 0 bridgehead atoms. The van der Waals surface area contributed by atoms with Crippen LogP contribution >= 0.6 is 58.0 Å². The van der Waals surface area contributed by atoms with E-state index in [0.717, 1.165) is 0 Å². The summed E-state index contributed by atoms with van der Waals surface area (Å²) in [5.74, 6) is -2.85. The van der Waals surface area contributed by atoms with Crippen LogP contribution in [0.4, 0.5) is 34.1 Å². The number of hydrogen-bond donors (Lipinski definition) is 4. The highest BCUT2D eigenvalue weighted by Gasteiger charge is 2.26. The number of Topliss-reactive ketones (excluding diaryl/α,β-unsaturated/α-hetero) is 2. The summed E-state index contributed by atoms with van der Waals surface area (Å²) >= 11 is 31.4. The molecule has 16 nitrogen and oxygen atoms in total. The van der Waals surface area contributed by atoms with E-state index in [1.165, 1.54) is 82.7 Å². The summed E-state index contributed by atoms with van der Waals surface area (Å²) in [6, 6.07) is 19.7. The van der Waals surface area contributed by atoms with E-state index >= 15 is 0 Å². The minimum Gasteiger partial charge on any atom is -0.496 e.